The predicted molar refractivity (Wildman–Crippen MR) is 95.3 cm³/mol. The van der Waals surface area contributed by atoms with Gasteiger partial charge in [-0.05, 0) is 30.8 Å². The Kier molecular flexibility index (Phi) is 6.62. The summed E-state index contributed by atoms with van der Waals surface area (Å²) < 4.78 is 6.34. The highest BCUT2D eigenvalue weighted by Crippen LogP contribution is 2.16. The number of rotatable bonds is 7. The van der Waals surface area contributed by atoms with E-state index in [1.54, 1.807) is 7.11 Å². The lowest BCUT2D eigenvalue weighted by atomic mass is 10.2. The Morgan fingerprint density at radius 2 is 1.87 bits per heavy atom. The number of amides is 1. The highest BCUT2D eigenvalue weighted by atomic mass is 79.9. The third kappa shape index (κ3) is 5.69. The minimum absolute atomic E-state index is 0.00415. The van der Waals surface area contributed by atoms with Crippen molar-refractivity contribution in [1.82, 2.24) is 10.2 Å². The summed E-state index contributed by atoms with van der Waals surface area (Å²) in [6.45, 7) is 1.55. The molecule has 1 N–H and O–H groups in total. The van der Waals surface area contributed by atoms with Gasteiger partial charge in [-0.1, -0.05) is 46.3 Å². The molecule has 0 aromatic heterocycles. The molecule has 5 heteroatoms. The first-order valence-corrected chi connectivity index (χ1v) is 8.19. The Bertz CT molecular complexity index is 644. The molecule has 4 nitrogen and oxygen atoms in total. The number of carbonyl (C=O) groups is 1. The minimum Gasteiger partial charge on any atom is -0.496 e. The molecule has 1 amide bonds. The average Bonchev–Trinajstić information content (AvgIpc) is 2.55. The standard InChI is InChI=1S/C18H21BrN2O2/c1-21(12-14-7-9-16(19)10-8-14)13-18(22)20-11-15-5-3-4-6-17(15)23-2/h3-10H,11-13H2,1-2H3,(H,20,22). The lowest BCUT2D eigenvalue weighted by Crippen LogP contribution is -2.34. The van der Waals surface area contributed by atoms with E-state index in [0.29, 0.717) is 13.1 Å². The molecule has 2 aromatic rings. The first-order chi connectivity index (χ1) is 11.1. The van der Waals surface area contributed by atoms with Gasteiger partial charge in [-0.25, -0.2) is 0 Å². The molecule has 0 aliphatic rings. The van der Waals surface area contributed by atoms with Crippen molar-refractivity contribution < 1.29 is 9.53 Å². The SMILES string of the molecule is COc1ccccc1CNC(=O)CN(C)Cc1ccc(Br)cc1. The Morgan fingerprint density at radius 1 is 1.17 bits per heavy atom. The van der Waals surface area contributed by atoms with E-state index in [1.807, 2.05) is 60.5 Å². The van der Waals surface area contributed by atoms with Gasteiger partial charge < -0.3 is 10.1 Å². The molecule has 0 radical (unpaired) electrons. The van der Waals surface area contributed by atoms with Gasteiger partial charge in [-0.2, -0.15) is 0 Å². The second kappa shape index (κ2) is 8.70. The smallest absolute Gasteiger partial charge is 0.234 e. The summed E-state index contributed by atoms with van der Waals surface area (Å²) >= 11 is 3.42. The molecular weight excluding hydrogens is 356 g/mol. The molecule has 0 heterocycles. The van der Waals surface area contributed by atoms with E-state index in [4.69, 9.17) is 4.74 Å². The zero-order valence-electron chi connectivity index (χ0n) is 13.4. The number of ether oxygens (including phenoxy) is 1. The van der Waals surface area contributed by atoms with Gasteiger partial charge in [0.25, 0.3) is 0 Å². The van der Waals surface area contributed by atoms with Gasteiger partial charge in [0.15, 0.2) is 0 Å². The van der Waals surface area contributed by atoms with Gasteiger partial charge >= 0.3 is 0 Å². The maximum absolute atomic E-state index is 12.1. The van der Waals surface area contributed by atoms with Crippen molar-refractivity contribution in [3.8, 4) is 5.75 Å². The van der Waals surface area contributed by atoms with Crippen molar-refractivity contribution in [2.24, 2.45) is 0 Å². The minimum atomic E-state index is -0.00415. The van der Waals surface area contributed by atoms with Crippen molar-refractivity contribution in [2.75, 3.05) is 20.7 Å². The zero-order chi connectivity index (χ0) is 16.7. The number of para-hydroxylation sites is 1. The molecule has 2 aromatic carbocycles. The van der Waals surface area contributed by atoms with Crippen LogP contribution in [0, 0.1) is 0 Å². The average molecular weight is 377 g/mol. The van der Waals surface area contributed by atoms with Gasteiger partial charge in [-0.15, -0.1) is 0 Å². The third-order valence-electron chi connectivity index (χ3n) is 3.45. The van der Waals surface area contributed by atoms with Crippen LogP contribution in [0.25, 0.3) is 0 Å². The van der Waals surface area contributed by atoms with Gasteiger partial charge in [0.05, 0.1) is 13.7 Å². The van der Waals surface area contributed by atoms with Crippen molar-refractivity contribution in [3.05, 3.63) is 64.1 Å². The number of hydrogen-bond acceptors (Lipinski definition) is 3. The largest absolute Gasteiger partial charge is 0.496 e. The van der Waals surface area contributed by atoms with E-state index >= 15 is 0 Å². The molecule has 0 bridgehead atoms. The van der Waals surface area contributed by atoms with Crippen LogP contribution in [0.4, 0.5) is 0 Å². The highest BCUT2D eigenvalue weighted by molar-refractivity contribution is 9.10. The number of hydrogen-bond donors (Lipinski definition) is 1. The van der Waals surface area contributed by atoms with Gasteiger partial charge in [0.1, 0.15) is 5.75 Å². The fourth-order valence-corrected chi connectivity index (χ4v) is 2.57. The molecule has 2 rings (SSSR count). The van der Waals surface area contributed by atoms with Crippen LogP contribution in [0.3, 0.4) is 0 Å². The molecule has 0 aliphatic heterocycles. The topological polar surface area (TPSA) is 41.6 Å². The fraction of sp³-hybridized carbons (Fsp3) is 0.278. The second-order valence-corrected chi connectivity index (χ2v) is 6.30. The molecule has 0 saturated carbocycles. The van der Waals surface area contributed by atoms with Crippen LogP contribution in [0.1, 0.15) is 11.1 Å². The zero-order valence-corrected chi connectivity index (χ0v) is 15.0. The maximum Gasteiger partial charge on any atom is 0.234 e. The fourth-order valence-electron chi connectivity index (χ4n) is 2.30. The van der Waals surface area contributed by atoms with E-state index in [2.05, 4.69) is 21.2 Å². The Labute approximate surface area is 145 Å². The number of halogens is 1. The molecule has 0 fully saturated rings. The Balaban J connectivity index is 1.81. The van der Waals surface area contributed by atoms with Crippen LogP contribution in [0.2, 0.25) is 0 Å². The summed E-state index contributed by atoms with van der Waals surface area (Å²) in [7, 11) is 3.57. The van der Waals surface area contributed by atoms with Crippen molar-refractivity contribution >= 4 is 21.8 Å². The van der Waals surface area contributed by atoms with Crippen LogP contribution in [0.5, 0.6) is 5.75 Å². The van der Waals surface area contributed by atoms with Crippen LogP contribution < -0.4 is 10.1 Å². The number of benzene rings is 2. The summed E-state index contributed by atoms with van der Waals surface area (Å²) in [5.41, 5.74) is 2.15. The second-order valence-electron chi connectivity index (χ2n) is 5.39. The summed E-state index contributed by atoms with van der Waals surface area (Å²) in [6, 6.07) is 15.8. The lowest BCUT2D eigenvalue weighted by molar-refractivity contribution is -0.122. The number of nitrogens with one attached hydrogen (secondary N) is 1. The van der Waals surface area contributed by atoms with Crippen LogP contribution in [-0.4, -0.2) is 31.5 Å². The summed E-state index contributed by atoms with van der Waals surface area (Å²) in [6.07, 6.45) is 0. The first kappa shape index (κ1) is 17.5. The highest BCUT2D eigenvalue weighted by Gasteiger charge is 2.08. The summed E-state index contributed by atoms with van der Waals surface area (Å²) in [5.74, 6) is 0.784. The van der Waals surface area contributed by atoms with Gasteiger partial charge in [0.2, 0.25) is 5.91 Å². The molecule has 122 valence electrons. The third-order valence-corrected chi connectivity index (χ3v) is 3.98. The predicted octanol–water partition coefficient (Wildman–Crippen LogP) is 3.21. The van der Waals surface area contributed by atoms with Crippen molar-refractivity contribution in [1.29, 1.82) is 0 Å². The Morgan fingerprint density at radius 3 is 2.57 bits per heavy atom. The van der Waals surface area contributed by atoms with E-state index in [0.717, 1.165) is 22.3 Å². The maximum atomic E-state index is 12.1. The lowest BCUT2D eigenvalue weighted by Gasteiger charge is -2.17. The normalized spacial score (nSPS) is 10.6. The summed E-state index contributed by atoms with van der Waals surface area (Å²) in [4.78, 5) is 14.1. The molecule has 0 atom stereocenters. The van der Waals surface area contributed by atoms with Crippen LogP contribution >= 0.6 is 15.9 Å². The van der Waals surface area contributed by atoms with E-state index in [-0.39, 0.29) is 5.91 Å². The van der Waals surface area contributed by atoms with Crippen LogP contribution in [0.15, 0.2) is 53.0 Å². The molecule has 0 spiro atoms. The van der Waals surface area contributed by atoms with E-state index in [1.165, 1.54) is 5.56 Å². The van der Waals surface area contributed by atoms with Gasteiger partial charge in [0, 0.05) is 23.1 Å². The molecule has 0 saturated heterocycles. The van der Waals surface area contributed by atoms with Gasteiger partial charge in [-0.3, -0.25) is 9.69 Å². The summed E-state index contributed by atoms with van der Waals surface area (Å²) in [5, 5.41) is 2.93. The number of carbonyl (C=O) groups excluding carboxylic acids is 1. The number of likely N-dealkylation sites (N-methyl/N-ethyl adjacent to an activating group) is 1. The van der Waals surface area contributed by atoms with Crippen LogP contribution in [-0.2, 0) is 17.9 Å². The molecule has 23 heavy (non-hydrogen) atoms. The number of nitrogens with zero attached hydrogens (tertiary/aromatic N) is 1. The Hall–Kier alpha value is -1.85. The molecule has 0 unspecified atom stereocenters. The first-order valence-electron chi connectivity index (χ1n) is 7.40. The number of methoxy groups -OCH3 is 1. The van der Waals surface area contributed by atoms with Crippen molar-refractivity contribution in [3.63, 3.8) is 0 Å². The molecular formula is C18H21BrN2O2. The van der Waals surface area contributed by atoms with Crippen molar-refractivity contribution in [2.45, 2.75) is 13.1 Å². The monoisotopic (exact) mass is 376 g/mol. The van der Waals surface area contributed by atoms with E-state index < -0.39 is 0 Å². The quantitative estimate of drug-likeness (QED) is 0.806. The van der Waals surface area contributed by atoms with E-state index in [9.17, 15) is 4.79 Å². The molecule has 0 aliphatic carbocycles.